The molecule has 5 heterocycles. The molecule has 33 heavy (non-hydrogen) atoms. The van der Waals surface area contributed by atoms with E-state index in [-0.39, 0.29) is 0 Å². The standard InChI is InChI=1S/C24H26ClN7S/c1-2-16-20(25)19-21(29-16)30-23(33-15-3-4-17-18(13-15)28-11-10-27-17)31-22(19)32-12-7-24(14-32)5-8-26-9-6-24/h3-4,10-11,13,26H,2,5-9,12,14H2,1H3,(H,29,30,31). The number of nitrogens with zero attached hydrogens (tertiary/aromatic N) is 5. The molecule has 2 fully saturated rings. The normalized spacial score (nSPS) is 18.1. The van der Waals surface area contributed by atoms with E-state index in [0.717, 1.165) is 76.1 Å². The highest BCUT2D eigenvalue weighted by Gasteiger charge is 2.40. The largest absolute Gasteiger partial charge is 0.355 e. The van der Waals surface area contributed by atoms with Crippen LogP contribution in [0.1, 0.15) is 31.9 Å². The van der Waals surface area contributed by atoms with Gasteiger partial charge in [-0.25, -0.2) is 9.97 Å². The van der Waals surface area contributed by atoms with E-state index in [1.54, 1.807) is 24.2 Å². The minimum atomic E-state index is 0.378. The first-order valence-corrected chi connectivity index (χ1v) is 12.8. The third-order valence-electron chi connectivity index (χ3n) is 7.03. The first-order valence-electron chi connectivity index (χ1n) is 11.6. The molecule has 2 aliphatic rings. The van der Waals surface area contributed by atoms with Crippen molar-refractivity contribution in [3.8, 4) is 0 Å². The zero-order valence-corrected chi connectivity index (χ0v) is 20.1. The Morgan fingerprint density at radius 2 is 1.91 bits per heavy atom. The lowest BCUT2D eigenvalue weighted by molar-refractivity contribution is 0.232. The minimum absolute atomic E-state index is 0.378. The van der Waals surface area contributed by atoms with E-state index in [9.17, 15) is 0 Å². The molecule has 2 saturated heterocycles. The average molecular weight is 480 g/mol. The van der Waals surface area contributed by atoms with Crippen molar-refractivity contribution in [3.63, 3.8) is 0 Å². The van der Waals surface area contributed by atoms with Crippen LogP contribution in [0, 0.1) is 5.41 Å². The van der Waals surface area contributed by atoms with Gasteiger partial charge in [0.1, 0.15) is 11.5 Å². The summed E-state index contributed by atoms with van der Waals surface area (Å²) in [6.07, 6.45) is 7.90. The number of piperidine rings is 1. The van der Waals surface area contributed by atoms with Gasteiger partial charge in [0, 0.05) is 36.1 Å². The molecule has 0 aliphatic carbocycles. The number of hydrogen-bond acceptors (Lipinski definition) is 7. The molecule has 0 bridgehead atoms. The van der Waals surface area contributed by atoms with Crippen LogP contribution in [0.4, 0.5) is 5.82 Å². The predicted molar refractivity (Wildman–Crippen MR) is 133 cm³/mol. The van der Waals surface area contributed by atoms with Crippen LogP contribution in [0.15, 0.2) is 40.6 Å². The van der Waals surface area contributed by atoms with Crippen LogP contribution in [0.25, 0.3) is 22.1 Å². The SMILES string of the molecule is CCc1[nH]c2nc(Sc3ccc4nccnc4c3)nc(N3CCC4(CCNCC4)C3)c2c1Cl. The summed E-state index contributed by atoms with van der Waals surface area (Å²) < 4.78 is 0. The molecule has 2 N–H and O–H groups in total. The summed E-state index contributed by atoms with van der Waals surface area (Å²) in [6, 6.07) is 6.08. The van der Waals surface area contributed by atoms with Crippen molar-refractivity contribution in [1.29, 1.82) is 0 Å². The van der Waals surface area contributed by atoms with Crippen molar-refractivity contribution in [2.24, 2.45) is 5.41 Å². The molecule has 170 valence electrons. The summed E-state index contributed by atoms with van der Waals surface area (Å²) in [5.41, 5.74) is 3.96. The molecule has 1 aromatic carbocycles. The molecule has 0 unspecified atom stereocenters. The van der Waals surface area contributed by atoms with E-state index in [0.29, 0.717) is 10.6 Å². The maximum absolute atomic E-state index is 6.83. The van der Waals surface area contributed by atoms with Crippen molar-refractivity contribution < 1.29 is 0 Å². The van der Waals surface area contributed by atoms with Crippen molar-refractivity contribution in [2.75, 3.05) is 31.1 Å². The molecule has 9 heteroatoms. The van der Waals surface area contributed by atoms with E-state index < -0.39 is 0 Å². The molecule has 6 rings (SSSR count). The van der Waals surface area contributed by atoms with Crippen LogP contribution < -0.4 is 10.2 Å². The number of rotatable bonds is 4. The number of aryl methyl sites for hydroxylation is 1. The first-order chi connectivity index (χ1) is 16.1. The molecule has 7 nitrogen and oxygen atoms in total. The Bertz CT molecular complexity index is 1330. The fourth-order valence-corrected chi connectivity index (χ4v) is 6.32. The fourth-order valence-electron chi connectivity index (χ4n) is 5.18. The van der Waals surface area contributed by atoms with Gasteiger partial charge in [-0.1, -0.05) is 18.5 Å². The third kappa shape index (κ3) is 3.84. The quantitative estimate of drug-likeness (QED) is 0.405. The van der Waals surface area contributed by atoms with Crippen LogP contribution in [-0.2, 0) is 6.42 Å². The van der Waals surface area contributed by atoms with Gasteiger partial charge in [-0.15, -0.1) is 0 Å². The average Bonchev–Trinajstić information content (AvgIpc) is 3.39. The number of fused-ring (bicyclic) bond motifs is 2. The first kappa shape index (κ1) is 21.1. The number of aromatic amines is 1. The highest BCUT2D eigenvalue weighted by Crippen LogP contribution is 2.43. The minimum Gasteiger partial charge on any atom is -0.355 e. The van der Waals surface area contributed by atoms with Gasteiger partial charge in [-0.2, -0.15) is 0 Å². The molecule has 0 amide bonds. The number of anilines is 1. The third-order valence-corrected chi connectivity index (χ3v) is 8.30. The van der Waals surface area contributed by atoms with Gasteiger partial charge in [-0.05, 0) is 74.1 Å². The lowest BCUT2D eigenvalue weighted by Crippen LogP contribution is -2.38. The van der Waals surface area contributed by atoms with E-state index in [1.807, 2.05) is 18.2 Å². The lowest BCUT2D eigenvalue weighted by atomic mass is 9.78. The van der Waals surface area contributed by atoms with Crippen LogP contribution in [-0.4, -0.2) is 51.1 Å². The molecular weight excluding hydrogens is 454 g/mol. The van der Waals surface area contributed by atoms with Crippen LogP contribution in [0.3, 0.4) is 0 Å². The van der Waals surface area contributed by atoms with E-state index in [4.69, 9.17) is 21.6 Å². The maximum Gasteiger partial charge on any atom is 0.196 e. The molecule has 4 aromatic rings. The Hall–Kier alpha value is -2.42. The zero-order chi connectivity index (χ0) is 22.4. The predicted octanol–water partition coefficient (Wildman–Crippen LogP) is 4.85. The summed E-state index contributed by atoms with van der Waals surface area (Å²) in [5, 5.41) is 5.93. The molecule has 3 aromatic heterocycles. The van der Waals surface area contributed by atoms with Gasteiger partial charge in [0.2, 0.25) is 0 Å². The number of nitrogens with one attached hydrogen (secondary N) is 2. The Morgan fingerprint density at radius 3 is 2.73 bits per heavy atom. The molecule has 0 atom stereocenters. The smallest absolute Gasteiger partial charge is 0.196 e. The van der Waals surface area contributed by atoms with Gasteiger partial charge >= 0.3 is 0 Å². The summed E-state index contributed by atoms with van der Waals surface area (Å²) in [5.74, 6) is 0.958. The van der Waals surface area contributed by atoms with E-state index in [1.165, 1.54) is 19.3 Å². The fraction of sp³-hybridized carbons (Fsp3) is 0.417. The topological polar surface area (TPSA) is 82.6 Å². The van der Waals surface area contributed by atoms with Gasteiger partial charge in [0.25, 0.3) is 0 Å². The summed E-state index contributed by atoms with van der Waals surface area (Å²) >= 11 is 8.38. The monoisotopic (exact) mass is 479 g/mol. The van der Waals surface area contributed by atoms with Crippen LogP contribution >= 0.6 is 23.4 Å². The molecule has 0 saturated carbocycles. The Balaban J connectivity index is 1.40. The van der Waals surface area contributed by atoms with Crippen molar-refractivity contribution in [2.45, 2.75) is 42.7 Å². The second-order valence-corrected chi connectivity index (χ2v) is 10.5. The molecule has 0 radical (unpaired) electrons. The number of H-pyrrole nitrogens is 1. The maximum atomic E-state index is 6.83. The number of benzene rings is 1. The Labute approximate surface area is 201 Å². The van der Waals surface area contributed by atoms with Gasteiger partial charge in [-0.3, -0.25) is 9.97 Å². The number of halogens is 1. The highest BCUT2D eigenvalue weighted by atomic mass is 35.5. The van der Waals surface area contributed by atoms with E-state index >= 15 is 0 Å². The molecular formula is C24H26ClN7S. The van der Waals surface area contributed by atoms with Gasteiger partial charge in [0.05, 0.1) is 21.4 Å². The van der Waals surface area contributed by atoms with E-state index in [2.05, 4.69) is 32.1 Å². The van der Waals surface area contributed by atoms with Crippen molar-refractivity contribution in [1.82, 2.24) is 30.2 Å². The Kier molecular flexibility index (Phi) is 5.39. The second kappa shape index (κ2) is 8.42. The summed E-state index contributed by atoms with van der Waals surface area (Å²) in [6.45, 7) is 6.34. The highest BCUT2D eigenvalue weighted by molar-refractivity contribution is 7.99. The van der Waals surface area contributed by atoms with Gasteiger partial charge in [0.15, 0.2) is 5.16 Å². The van der Waals surface area contributed by atoms with Crippen LogP contribution in [0.2, 0.25) is 5.02 Å². The summed E-state index contributed by atoms with van der Waals surface area (Å²) in [4.78, 5) is 25.6. The zero-order valence-electron chi connectivity index (χ0n) is 18.6. The number of aromatic nitrogens is 5. The number of hydrogen-bond donors (Lipinski definition) is 2. The van der Waals surface area contributed by atoms with Crippen molar-refractivity contribution >= 4 is 51.2 Å². The molecule has 2 aliphatic heterocycles. The van der Waals surface area contributed by atoms with Crippen molar-refractivity contribution in [3.05, 3.63) is 41.3 Å². The second-order valence-electron chi connectivity index (χ2n) is 9.05. The Morgan fingerprint density at radius 1 is 1.09 bits per heavy atom. The lowest BCUT2D eigenvalue weighted by Gasteiger charge is -2.34. The molecule has 1 spiro atoms. The summed E-state index contributed by atoms with van der Waals surface area (Å²) in [7, 11) is 0. The van der Waals surface area contributed by atoms with Gasteiger partial charge < -0.3 is 15.2 Å². The van der Waals surface area contributed by atoms with Crippen LogP contribution in [0.5, 0.6) is 0 Å².